The predicted molar refractivity (Wildman–Crippen MR) is 80.9 cm³/mol. The quantitative estimate of drug-likeness (QED) is 0.891. The number of benzene rings is 1. The van der Waals surface area contributed by atoms with Crippen molar-refractivity contribution in [1.82, 2.24) is 0 Å². The lowest BCUT2D eigenvalue weighted by Gasteiger charge is -2.30. The van der Waals surface area contributed by atoms with E-state index in [0.717, 1.165) is 12.8 Å². The van der Waals surface area contributed by atoms with Crippen LogP contribution in [0.4, 0.5) is 10.5 Å². The molecular weight excluding hydrogens is 276 g/mol. The van der Waals surface area contributed by atoms with Crippen LogP contribution in [0, 0.1) is 11.8 Å². The van der Waals surface area contributed by atoms with Crippen LogP contribution in [0.15, 0.2) is 24.3 Å². The smallest absolute Gasteiger partial charge is 0.411 e. The molecule has 4 nitrogen and oxygen atoms in total. The SMILES string of the molecule is NCC1CCCCC1COC(=O)Nc1ccccc1Cl. The Bertz CT molecular complexity index is 453. The molecule has 1 aromatic rings. The molecule has 0 spiro atoms. The number of amides is 1. The van der Waals surface area contributed by atoms with Gasteiger partial charge >= 0.3 is 6.09 Å². The first-order valence-corrected chi connectivity index (χ1v) is 7.47. The number of carbonyl (C=O) groups excluding carboxylic acids is 1. The van der Waals surface area contributed by atoms with Crippen LogP contribution in [0.3, 0.4) is 0 Å². The molecule has 2 unspecified atom stereocenters. The average molecular weight is 297 g/mol. The lowest BCUT2D eigenvalue weighted by atomic mass is 9.80. The third-order valence-corrected chi connectivity index (χ3v) is 4.24. The molecule has 2 atom stereocenters. The Balaban J connectivity index is 1.81. The van der Waals surface area contributed by atoms with Gasteiger partial charge in [0.1, 0.15) is 0 Å². The van der Waals surface area contributed by atoms with Crippen LogP contribution in [0.1, 0.15) is 25.7 Å². The lowest BCUT2D eigenvalue weighted by molar-refractivity contribution is 0.104. The molecule has 1 aromatic carbocycles. The number of halogens is 1. The van der Waals surface area contributed by atoms with Crippen molar-refractivity contribution in [1.29, 1.82) is 0 Å². The number of nitrogens with two attached hydrogens (primary N) is 1. The Kier molecular flexibility index (Phi) is 5.68. The Hall–Kier alpha value is -1.26. The van der Waals surface area contributed by atoms with Crippen LogP contribution in [-0.4, -0.2) is 19.2 Å². The van der Waals surface area contributed by atoms with E-state index in [9.17, 15) is 4.79 Å². The summed E-state index contributed by atoms with van der Waals surface area (Å²) in [5.41, 5.74) is 6.34. The summed E-state index contributed by atoms with van der Waals surface area (Å²) in [5, 5.41) is 3.16. The fourth-order valence-electron chi connectivity index (χ4n) is 2.71. The highest BCUT2D eigenvalue weighted by molar-refractivity contribution is 6.33. The summed E-state index contributed by atoms with van der Waals surface area (Å²) >= 11 is 5.98. The predicted octanol–water partition coefficient (Wildman–Crippen LogP) is 3.65. The molecule has 1 saturated carbocycles. The van der Waals surface area contributed by atoms with Gasteiger partial charge in [-0.2, -0.15) is 0 Å². The number of hydrogen-bond donors (Lipinski definition) is 2. The Morgan fingerprint density at radius 3 is 2.70 bits per heavy atom. The van der Waals surface area contributed by atoms with E-state index in [2.05, 4.69) is 5.32 Å². The van der Waals surface area contributed by atoms with Crippen LogP contribution in [0.25, 0.3) is 0 Å². The molecular formula is C15H21ClN2O2. The fourth-order valence-corrected chi connectivity index (χ4v) is 2.89. The second-order valence-electron chi connectivity index (χ2n) is 5.24. The van der Waals surface area contributed by atoms with Gasteiger partial charge in [0.2, 0.25) is 0 Å². The molecule has 3 N–H and O–H groups in total. The van der Waals surface area contributed by atoms with Gasteiger partial charge in [-0.15, -0.1) is 0 Å². The summed E-state index contributed by atoms with van der Waals surface area (Å²) in [4.78, 5) is 11.8. The molecule has 1 fully saturated rings. The third kappa shape index (κ3) is 4.12. The number of para-hydroxylation sites is 1. The van der Waals surface area contributed by atoms with E-state index >= 15 is 0 Å². The standard InChI is InChI=1S/C15H21ClN2O2/c16-13-7-3-4-8-14(13)18-15(19)20-10-12-6-2-1-5-11(12)9-17/h3-4,7-8,11-12H,1-2,5-6,9-10,17H2,(H,18,19). The van der Waals surface area contributed by atoms with Crippen LogP contribution >= 0.6 is 11.6 Å². The van der Waals surface area contributed by atoms with Crippen molar-refractivity contribution in [2.24, 2.45) is 17.6 Å². The average Bonchev–Trinajstić information content (AvgIpc) is 2.48. The first kappa shape index (κ1) is 15.1. The zero-order chi connectivity index (χ0) is 14.4. The van der Waals surface area contributed by atoms with Crippen LogP contribution in [0.2, 0.25) is 5.02 Å². The van der Waals surface area contributed by atoms with E-state index in [1.54, 1.807) is 12.1 Å². The first-order chi connectivity index (χ1) is 9.70. The maximum atomic E-state index is 11.8. The molecule has 5 heteroatoms. The minimum absolute atomic E-state index is 0.380. The molecule has 0 radical (unpaired) electrons. The monoisotopic (exact) mass is 296 g/mol. The Morgan fingerprint density at radius 2 is 2.00 bits per heavy atom. The van der Waals surface area contributed by atoms with Crippen LogP contribution < -0.4 is 11.1 Å². The number of carbonyl (C=O) groups is 1. The molecule has 20 heavy (non-hydrogen) atoms. The van der Waals surface area contributed by atoms with Crippen LogP contribution in [0.5, 0.6) is 0 Å². The molecule has 0 aromatic heterocycles. The number of hydrogen-bond acceptors (Lipinski definition) is 3. The van der Waals surface area contributed by atoms with E-state index in [-0.39, 0.29) is 0 Å². The highest BCUT2D eigenvalue weighted by Crippen LogP contribution is 2.29. The molecule has 110 valence electrons. The number of anilines is 1. The van der Waals surface area contributed by atoms with Crippen molar-refractivity contribution in [2.75, 3.05) is 18.5 Å². The van der Waals surface area contributed by atoms with E-state index < -0.39 is 6.09 Å². The van der Waals surface area contributed by atoms with E-state index in [4.69, 9.17) is 22.1 Å². The molecule has 0 saturated heterocycles. The third-order valence-electron chi connectivity index (χ3n) is 3.91. The zero-order valence-electron chi connectivity index (χ0n) is 11.5. The molecule has 0 bridgehead atoms. The van der Waals surface area contributed by atoms with Crippen molar-refractivity contribution in [3.8, 4) is 0 Å². The van der Waals surface area contributed by atoms with Gasteiger partial charge in [-0.3, -0.25) is 5.32 Å². The van der Waals surface area contributed by atoms with Gasteiger partial charge in [0.15, 0.2) is 0 Å². The van der Waals surface area contributed by atoms with Gasteiger partial charge in [-0.25, -0.2) is 4.79 Å². The second kappa shape index (κ2) is 7.50. The lowest BCUT2D eigenvalue weighted by Crippen LogP contribution is -2.31. The van der Waals surface area contributed by atoms with Gasteiger partial charge in [-0.05, 0) is 43.4 Å². The van der Waals surface area contributed by atoms with Crippen molar-refractivity contribution >= 4 is 23.4 Å². The fraction of sp³-hybridized carbons (Fsp3) is 0.533. The molecule has 0 aliphatic heterocycles. The highest BCUT2D eigenvalue weighted by atomic mass is 35.5. The number of rotatable bonds is 4. The molecule has 1 aliphatic carbocycles. The van der Waals surface area contributed by atoms with E-state index in [0.29, 0.717) is 35.7 Å². The second-order valence-corrected chi connectivity index (χ2v) is 5.65. The number of nitrogens with one attached hydrogen (secondary N) is 1. The summed E-state index contributed by atoms with van der Waals surface area (Å²) in [6, 6.07) is 7.09. The summed E-state index contributed by atoms with van der Waals surface area (Å²) < 4.78 is 5.31. The molecule has 0 heterocycles. The summed E-state index contributed by atoms with van der Waals surface area (Å²) in [7, 11) is 0. The largest absolute Gasteiger partial charge is 0.449 e. The molecule has 1 aliphatic rings. The summed E-state index contributed by atoms with van der Waals surface area (Å²) in [6.45, 7) is 1.10. The first-order valence-electron chi connectivity index (χ1n) is 7.09. The van der Waals surface area contributed by atoms with E-state index in [1.165, 1.54) is 12.8 Å². The summed E-state index contributed by atoms with van der Waals surface area (Å²) in [5.74, 6) is 0.850. The van der Waals surface area contributed by atoms with Crippen molar-refractivity contribution in [3.05, 3.63) is 29.3 Å². The molecule has 2 rings (SSSR count). The van der Waals surface area contributed by atoms with E-state index in [1.807, 2.05) is 12.1 Å². The van der Waals surface area contributed by atoms with Crippen molar-refractivity contribution in [2.45, 2.75) is 25.7 Å². The summed E-state index contributed by atoms with van der Waals surface area (Å²) in [6.07, 6.45) is 4.18. The van der Waals surface area contributed by atoms with Gasteiger partial charge in [-0.1, -0.05) is 36.6 Å². The Labute approximate surface area is 124 Å². The normalized spacial score (nSPS) is 22.3. The highest BCUT2D eigenvalue weighted by Gasteiger charge is 2.25. The van der Waals surface area contributed by atoms with Crippen molar-refractivity contribution < 1.29 is 9.53 Å². The van der Waals surface area contributed by atoms with Crippen molar-refractivity contribution in [3.63, 3.8) is 0 Å². The van der Waals surface area contributed by atoms with Gasteiger partial charge in [0.05, 0.1) is 17.3 Å². The van der Waals surface area contributed by atoms with Crippen LogP contribution in [-0.2, 0) is 4.74 Å². The Morgan fingerprint density at radius 1 is 1.30 bits per heavy atom. The van der Waals surface area contributed by atoms with Gasteiger partial charge in [0, 0.05) is 0 Å². The minimum atomic E-state index is -0.459. The van der Waals surface area contributed by atoms with Gasteiger partial charge in [0.25, 0.3) is 0 Å². The topological polar surface area (TPSA) is 64.3 Å². The minimum Gasteiger partial charge on any atom is -0.449 e. The number of ether oxygens (including phenoxy) is 1. The maximum Gasteiger partial charge on any atom is 0.411 e. The zero-order valence-corrected chi connectivity index (χ0v) is 12.2. The maximum absolute atomic E-state index is 11.8. The van der Waals surface area contributed by atoms with Gasteiger partial charge < -0.3 is 10.5 Å². The molecule has 1 amide bonds.